The van der Waals surface area contributed by atoms with Gasteiger partial charge in [-0.25, -0.2) is 4.98 Å². The van der Waals surface area contributed by atoms with E-state index >= 15 is 0 Å². The number of aromatic nitrogens is 1. The molecule has 1 saturated carbocycles. The second-order valence-corrected chi connectivity index (χ2v) is 15.9. The van der Waals surface area contributed by atoms with E-state index < -0.39 is 5.41 Å². The molecule has 1 atom stereocenters. The van der Waals surface area contributed by atoms with Gasteiger partial charge in [0.2, 0.25) is 0 Å². The average Bonchev–Trinajstić information content (AvgIpc) is 3.97. The first kappa shape index (κ1) is 33.6. The Balaban J connectivity index is 1.00. The highest BCUT2D eigenvalue weighted by Crippen LogP contribution is 2.59. The fourth-order valence-corrected chi connectivity index (χ4v) is 10.6. The molecule has 0 bridgehead atoms. The minimum Gasteiger partial charge on any atom is -0.368 e. The zero-order chi connectivity index (χ0) is 37.8. The topological polar surface area (TPSA) is 28.2 Å². The van der Waals surface area contributed by atoms with Gasteiger partial charge in [-0.3, -0.25) is 0 Å². The lowest BCUT2D eigenvalue weighted by Gasteiger charge is -2.33. The van der Waals surface area contributed by atoms with Crippen LogP contribution in [0.1, 0.15) is 70.2 Å². The SMILES string of the molecule is C1=CNC(N(c2ccc3c(c2)C2(CCCC2)c2cc(/C=C/c4cccc5c4-c4ccccc4C5(c4ccccc4)c4ccccc4)ccc2-3)c2ccccn2)C=C1. The number of hydrogen-bond donors (Lipinski definition) is 1. The van der Waals surface area contributed by atoms with Gasteiger partial charge >= 0.3 is 0 Å². The Hall–Kier alpha value is -6.71. The molecule has 57 heavy (non-hydrogen) atoms. The summed E-state index contributed by atoms with van der Waals surface area (Å²) in [5.74, 6) is 0.929. The first-order chi connectivity index (χ1) is 28.3. The number of nitrogens with one attached hydrogen (secondary N) is 1. The molecule has 7 aromatic rings. The number of hydrogen-bond acceptors (Lipinski definition) is 3. The van der Waals surface area contributed by atoms with E-state index in [4.69, 9.17) is 4.98 Å². The third-order valence-electron chi connectivity index (χ3n) is 13.0. The summed E-state index contributed by atoms with van der Waals surface area (Å²) >= 11 is 0. The summed E-state index contributed by atoms with van der Waals surface area (Å²) in [5, 5.41) is 3.55. The molecule has 2 heterocycles. The van der Waals surface area contributed by atoms with Crippen molar-refractivity contribution in [3.63, 3.8) is 0 Å². The maximum atomic E-state index is 4.80. The molecule has 3 aliphatic carbocycles. The molecule has 1 fully saturated rings. The Kier molecular flexibility index (Phi) is 7.96. The quantitative estimate of drug-likeness (QED) is 0.165. The lowest BCUT2D eigenvalue weighted by atomic mass is 9.67. The van der Waals surface area contributed by atoms with Crippen LogP contribution in [0.3, 0.4) is 0 Å². The molecule has 1 N–H and O–H groups in total. The van der Waals surface area contributed by atoms with Crippen molar-refractivity contribution >= 4 is 23.7 Å². The van der Waals surface area contributed by atoms with Crippen LogP contribution >= 0.6 is 0 Å². The summed E-state index contributed by atoms with van der Waals surface area (Å²) in [4.78, 5) is 7.12. The predicted octanol–water partition coefficient (Wildman–Crippen LogP) is 12.6. The van der Waals surface area contributed by atoms with Crippen molar-refractivity contribution in [1.82, 2.24) is 10.3 Å². The van der Waals surface area contributed by atoms with Gasteiger partial charge in [-0.15, -0.1) is 0 Å². The summed E-state index contributed by atoms with van der Waals surface area (Å²) in [5.41, 5.74) is 16.8. The molecule has 1 spiro atoms. The van der Waals surface area contributed by atoms with E-state index in [1.54, 1.807) is 0 Å². The number of benzene rings is 6. The van der Waals surface area contributed by atoms with Gasteiger partial charge in [0, 0.05) is 17.3 Å². The highest BCUT2D eigenvalue weighted by atomic mass is 15.3. The number of rotatable bonds is 7. The van der Waals surface area contributed by atoms with Gasteiger partial charge in [0.15, 0.2) is 0 Å². The summed E-state index contributed by atoms with van der Waals surface area (Å²) in [7, 11) is 0. The molecule has 11 rings (SSSR count). The van der Waals surface area contributed by atoms with Crippen LogP contribution in [0, 0.1) is 0 Å². The van der Waals surface area contributed by atoms with Crippen molar-refractivity contribution in [3.05, 3.63) is 233 Å². The van der Waals surface area contributed by atoms with Crippen LogP contribution in [-0.4, -0.2) is 11.1 Å². The first-order valence-corrected chi connectivity index (χ1v) is 20.4. The smallest absolute Gasteiger partial charge is 0.134 e. The third kappa shape index (κ3) is 5.15. The summed E-state index contributed by atoms with van der Waals surface area (Å²) in [6.07, 6.45) is 19.7. The highest BCUT2D eigenvalue weighted by Gasteiger charge is 2.47. The van der Waals surface area contributed by atoms with Crippen molar-refractivity contribution in [1.29, 1.82) is 0 Å². The van der Waals surface area contributed by atoms with Crippen molar-refractivity contribution in [2.45, 2.75) is 42.7 Å². The van der Waals surface area contributed by atoms with Crippen molar-refractivity contribution in [2.24, 2.45) is 0 Å². The first-order valence-electron chi connectivity index (χ1n) is 20.4. The normalized spacial score (nSPS) is 17.6. The Morgan fingerprint density at radius 3 is 2.02 bits per heavy atom. The highest BCUT2D eigenvalue weighted by molar-refractivity contribution is 5.93. The van der Waals surface area contributed by atoms with Crippen LogP contribution in [0.4, 0.5) is 11.5 Å². The minimum absolute atomic E-state index is 0.00789. The fraction of sp³-hybridized carbons (Fsp3) is 0.130. The molecule has 274 valence electrons. The van der Waals surface area contributed by atoms with Gasteiger partial charge in [-0.05, 0) is 122 Å². The van der Waals surface area contributed by atoms with Gasteiger partial charge in [0.05, 0.1) is 5.41 Å². The monoisotopic (exact) mass is 733 g/mol. The third-order valence-corrected chi connectivity index (χ3v) is 13.0. The van der Waals surface area contributed by atoms with Crippen LogP contribution in [0.25, 0.3) is 34.4 Å². The molecule has 3 heteroatoms. The Morgan fingerprint density at radius 2 is 1.28 bits per heavy atom. The lowest BCUT2D eigenvalue weighted by Crippen LogP contribution is -2.40. The van der Waals surface area contributed by atoms with Gasteiger partial charge < -0.3 is 10.2 Å². The second kappa shape index (κ2) is 13.5. The van der Waals surface area contributed by atoms with Crippen molar-refractivity contribution < 1.29 is 0 Å². The molecule has 0 amide bonds. The Morgan fingerprint density at radius 1 is 0.579 bits per heavy atom. The van der Waals surface area contributed by atoms with Crippen molar-refractivity contribution in [2.75, 3.05) is 4.90 Å². The van der Waals surface area contributed by atoms with Crippen LogP contribution in [-0.2, 0) is 10.8 Å². The molecule has 0 radical (unpaired) electrons. The van der Waals surface area contributed by atoms with E-state index in [-0.39, 0.29) is 11.6 Å². The van der Waals surface area contributed by atoms with E-state index in [2.05, 4.69) is 186 Å². The number of nitrogens with zero attached hydrogens (tertiary/aromatic N) is 2. The number of fused-ring (bicyclic) bond motifs is 8. The lowest BCUT2D eigenvalue weighted by molar-refractivity contribution is 0.549. The average molecular weight is 734 g/mol. The standard InChI is InChI=1S/C54H43N3/c1-3-17-40(18-4-1)54(41-19-5-2-6-20-41)46-22-8-7-21-45(46)52-39(16-15-23-47(52)54)28-26-38-27-30-43-44-31-29-42(37-49(44)53(48(43)36-38)32-11-12-33-53)57(50-24-9-13-34-55-50)51-25-10-14-35-56-51/h1-10,13-31,34-37,50,55H,11-12,32-33H2/b28-26+. The Bertz CT molecular complexity index is 2680. The molecule has 1 aromatic heterocycles. The molecule has 1 aliphatic heterocycles. The summed E-state index contributed by atoms with van der Waals surface area (Å²) in [6.45, 7) is 0. The number of dihydropyridines is 1. The van der Waals surface area contributed by atoms with Crippen LogP contribution in [0.5, 0.6) is 0 Å². The van der Waals surface area contributed by atoms with E-state index in [0.29, 0.717) is 0 Å². The van der Waals surface area contributed by atoms with Crippen LogP contribution < -0.4 is 10.2 Å². The summed E-state index contributed by atoms with van der Waals surface area (Å²) in [6, 6.07) is 58.5. The van der Waals surface area contributed by atoms with Crippen LogP contribution in [0.2, 0.25) is 0 Å². The Labute approximate surface area is 335 Å². The molecule has 1 unspecified atom stereocenters. The second-order valence-electron chi connectivity index (χ2n) is 15.9. The number of allylic oxidation sites excluding steroid dienone is 2. The molecular formula is C54H43N3. The molecular weight excluding hydrogens is 691 g/mol. The molecule has 0 saturated heterocycles. The van der Waals surface area contributed by atoms with E-state index in [1.165, 1.54) is 92.4 Å². The van der Waals surface area contributed by atoms with Gasteiger partial charge in [-0.2, -0.15) is 0 Å². The maximum Gasteiger partial charge on any atom is 0.134 e. The predicted molar refractivity (Wildman–Crippen MR) is 235 cm³/mol. The maximum absolute atomic E-state index is 4.80. The largest absolute Gasteiger partial charge is 0.368 e. The molecule has 3 nitrogen and oxygen atoms in total. The van der Waals surface area contributed by atoms with E-state index in [0.717, 1.165) is 11.5 Å². The molecule has 4 aliphatic rings. The van der Waals surface area contributed by atoms with E-state index in [9.17, 15) is 0 Å². The molecule has 6 aromatic carbocycles. The zero-order valence-corrected chi connectivity index (χ0v) is 31.9. The van der Waals surface area contributed by atoms with Gasteiger partial charge in [0.1, 0.15) is 12.0 Å². The van der Waals surface area contributed by atoms with Crippen LogP contribution in [0.15, 0.2) is 188 Å². The summed E-state index contributed by atoms with van der Waals surface area (Å²) < 4.78 is 0. The fourth-order valence-electron chi connectivity index (χ4n) is 10.6. The zero-order valence-electron chi connectivity index (χ0n) is 31.9. The number of anilines is 2. The number of pyridine rings is 1. The van der Waals surface area contributed by atoms with Gasteiger partial charge in [-0.1, -0.05) is 165 Å². The minimum atomic E-state index is -0.405. The van der Waals surface area contributed by atoms with E-state index in [1.807, 2.05) is 24.5 Å². The van der Waals surface area contributed by atoms with Gasteiger partial charge in [0.25, 0.3) is 0 Å². The van der Waals surface area contributed by atoms with Crippen molar-refractivity contribution in [3.8, 4) is 22.3 Å².